The van der Waals surface area contributed by atoms with Gasteiger partial charge in [-0.2, -0.15) is 0 Å². The second kappa shape index (κ2) is 7.14. The van der Waals surface area contributed by atoms with Gasteiger partial charge in [0.15, 0.2) is 0 Å². The summed E-state index contributed by atoms with van der Waals surface area (Å²) in [5.41, 5.74) is 0. The van der Waals surface area contributed by atoms with Crippen molar-refractivity contribution in [3.05, 3.63) is 0 Å². The van der Waals surface area contributed by atoms with E-state index in [1.54, 1.807) is 0 Å². The first-order valence-electron chi connectivity index (χ1n) is 6.25. The van der Waals surface area contributed by atoms with Crippen LogP contribution in [0.15, 0.2) is 0 Å². The lowest BCUT2D eigenvalue weighted by molar-refractivity contribution is -0.119. The van der Waals surface area contributed by atoms with E-state index >= 15 is 0 Å². The van der Waals surface area contributed by atoms with E-state index in [1.807, 2.05) is 0 Å². The number of nitrogens with one attached hydrogen (secondary N) is 2. The minimum atomic E-state index is -0.380. The molecule has 0 heterocycles. The predicted octanol–water partition coefficient (Wildman–Crippen LogP) is 1.43. The van der Waals surface area contributed by atoms with E-state index in [-0.39, 0.29) is 24.6 Å². The van der Waals surface area contributed by atoms with Crippen molar-refractivity contribution in [2.75, 3.05) is 13.2 Å². The molecular weight excluding hydrogens is 220 g/mol. The highest BCUT2D eigenvalue weighted by Crippen LogP contribution is 2.23. The standard InChI is InChI=1S/C12H22N2O3/c1-9-3-5-11(6-4-9)14-12(16)17-8-7-13-10(2)15/h9,11H,3-8H2,1-2H3,(H,13,15)(H,14,16)/t9-,11-. The molecule has 0 aromatic heterocycles. The SMILES string of the molecule is CC(=O)NCCOC(=O)N[C@H]1CC[C@H](C)CC1. The topological polar surface area (TPSA) is 67.4 Å². The minimum Gasteiger partial charge on any atom is -0.448 e. The molecule has 1 fully saturated rings. The van der Waals surface area contributed by atoms with Gasteiger partial charge in [-0.25, -0.2) is 4.79 Å². The Kier molecular flexibility index (Phi) is 5.80. The molecule has 0 unspecified atom stereocenters. The van der Waals surface area contributed by atoms with Crippen LogP contribution in [0.25, 0.3) is 0 Å². The molecule has 2 amide bonds. The van der Waals surface area contributed by atoms with E-state index in [2.05, 4.69) is 17.6 Å². The van der Waals surface area contributed by atoms with Crippen molar-refractivity contribution < 1.29 is 14.3 Å². The van der Waals surface area contributed by atoms with E-state index in [1.165, 1.54) is 6.92 Å². The summed E-state index contributed by atoms with van der Waals surface area (Å²) in [6, 6.07) is 0.250. The van der Waals surface area contributed by atoms with Gasteiger partial charge in [0.2, 0.25) is 5.91 Å². The summed E-state index contributed by atoms with van der Waals surface area (Å²) in [7, 11) is 0. The first kappa shape index (κ1) is 13.8. The first-order valence-corrected chi connectivity index (χ1v) is 6.25. The van der Waals surface area contributed by atoms with E-state index < -0.39 is 0 Å². The van der Waals surface area contributed by atoms with Crippen molar-refractivity contribution in [2.45, 2.75) is 45.6 Å². The molecule has 0 aromatic carbocycles. The Morgan fingerprint density at radius 3 is 2.47 bits per heavy atom. The molecule has 0 aromatic rings. The zero-order valence-corrected chi connectivity index (χ0v) is 10.6. The van der Waals surface area contributed by atoms with Crippen LogP contribution in [0.2, 0.25) is 0 Å². The third-order valence-electron chi connectivity index (χ3n) is 3.05. The molecule has 2 N–H and O–H groups in total. The quantitative estimate of drug-likeness (QED) is 0.733. The predicted molar refractivity (Wildman–Crippen MR) is 64.6 cm³/mol. The van der Waals surface area contributed by atoms with Gasteiger partial charge in [-0.05, 0) is 31.6 Å². The Hall–Kier alpha value is -1.26. The number of hydrogen-bond acceptors (Lipinski definition) is 3. The fraction of sp³-hybridized carbons (Fsp3) is 0.833. The van der Waals surface area contributed by atoms with Gasteiger partial charge in [-0.15, -0.1) is 0 Å². The highest BCUT2D eigenvalue weighted by molar-refractivity contribution is 5.72. The van der Waals surface area contributed by atoms with E-state index in [0.29, 0.717) is 6.54 Å². The highest BCUT2D eigenvalue weighted by atomic mass is 16.5. The Morgan fingerprint density at radius 2 is 1.88 bits per heavy atom. The molecule has 1 aliphatic rings. The third-order valence-corrected chi connectivity index (χ3v) is 3.05. The van der Waals surface area contributed by atoms with Gasteiger partial charge < -0.3 is 15.4 Å². The largest absolute Gasteiger partial charge is 0.448 e. The Morgan fingerprint density at radius 1 is 1.24 bits per heavy atom. The van der Waals surface area contributed by atoms with Gasteiger partial charge in [0.1, 0.15) is 6.61 Å². The fourth-order valence-corrected chi connectivity index (χ4v) is 1.98. The summed E-state index contributed by atoms with van der Waals surface area (Å²) in [5.74, 6) is 0.652. The second-order valence-corrected chi connectivity index (χ2v) is 4.72. The number of hydrogen-bond donors (Lipinski definition) is 2. The Bertz CT molecular complexity index is 260. The van der Waals surface area contributed by atoms with Crippen LogP contribution in [-0.4, -0.2) is 31.2 Å². The first-order chi connectivity index (χ1) is 8.08. The number of alkyl carbamates (subject to hydrolysis) is 1. The van der Waals surface area contributed by atoms with Gasteiger partial charge in [-0.3, -0.25) is 4.79 Å². The Labute approximate surface area is 102 Å². The molecular formula is C12H22N2O3. The molecule has 1 rings (SSSR count). The molecule has 1 saturated carbocycles. The van der Waals surface area contributed by atoms with Crippen LogP contribution in [-0.2, 0) is 9.53 Å². The molecule has 0 aliphatic heterocycles. The van der Waals surface area contributed by atoms with Crippen LogP contribution in [0, 0.1) is 5.92 Å². The van der Waals surface area contributed by atoms with Crippen molar-refractivity contribution in [1.29, 1.82) is 0 Å². The molecule has 98 valence electrons. The van der Waals surface area contributed by atoms with Gasteiger partial charge >= 0.3 is 6.09 Å². The normalized spacial score (nSPS) is 23.9. The fourth-order valence-electron chi connectivity index (χ4n) is 1.98. The van der Waals surface area contributed by atoms with Crippen molar-refractivity contribution in [3.63, 3.8) is 0 Å². The summed E-state index contributed by atoms with van der Waals surface area (Å²) in [6.07, 6.45) is 4.01. The van der Waals surface area contributed by atoms with Gasteiger partial charge in [-0.1, -0.05) is 6.92 Å². The smallest absolute Gasteiger partial charge is 0.407 e. The highest BCUT2D eigenvalue weighted by Gasteiger charge is 2.19. The number of carbonyl (C=O) groups is 2. The van der Waals surface area contributed by atoms with Crippen LogP contribution in [0.4, 0.5) is 4.79 Å². The molecule has 17 heavy (non-hydrogen) atoms. The number of ether oxygens (including phenoxy) is 1. The summed E-state index contributed by atoms with van der Waals surface area (Å²) >= 11 is 0. The number of amides is 2. The zero-order chi connectivity index (χ0) is 12.7. The number of carbonyl (C=O) groups excluding carboxylic acids is 2. The lowest BCUT2D eigenvalue weighted by atomic mass is 9.87. The van der Waals surface area contributed by atoms with E-state index in [0.717, 1.165) is 31.6 Å². The Balaban J connectivity index is 2.06. The maximum atomic E-state index is 11.4. The van der Waals surface area contributed by atoms with E-state index in [4.69, 9.17) is 4.74 Å². The summed E-state index contributed by atoms with van der Waals surface area (Å²) in [5, 5.41) is 5.42. The lowest BCUT2D eigenvalue weighted by Gasteiger charge is -2.26. The zero-order valence-electron chi connectivity index (χ0n) is 10.6. The summed E-state index contributed by atoms with van der Waals surface area (Å²) < 4.78 is 4.96. The van der Waals surface area contributed by atoms with Crippen molar-refractivity contribution in [1.82, 2.24) is 10.6 Å². The van der Waals surface area contributed by atoms with Gasteiger partial charge in [0.05, 0.1) is 6.54 Å². The molecule has 0 radical (unpaired) electrons. The third kappa shape index (κ3) is 6.14. The average Bonchev–Trinajstić information content (AvgIpc) is 2.27. The maximum Gasteiger partial charge on any atom is 0.407 e. The second-order valence-electron chi connectivity index (χ2n) is 4.72. The summed E-state index contributed by atoms with van der Waals surface area (Å²) in [6.45, 7) is 4.25. The van der Waals surface area contributed by atoms with Crippen LogP contribution in [0.1, 0.15) is 39.5 Å². The van der Waals surface area contributed by atoms with Crippen LogP contribution in [0.3, 0.4) is 0 Å². The van der Waals surface area contributed by atoms with Crippen LogP contribution < -0.4 is 10.6 Å². The summed E-state index contributed by atoms with van der Waals surface area (Å²) in [4.78, 5) is 22.0. The number of rotatable bonds is 4. The molecule has 0 spiro atoms. The van der Waals surface area contributed by atoms with Crippen LogP contribution >= 0.6 is 0 Å². The molecule has 5 heteroatoms. The van der Waals surface area contributed by atoms with E-state index in [9.17, 15) is 9.59 Å². The molecule has 0 saturated heterocycles. The van der Waals surface area contributed by atoms with Crippen molar-refractivity contribution in [3.8, 4) is 0 Å². The average molecular weight is 242 g/mol. The van der Waals surface area contributed by atoms with Gasteiger partial charge in [0, 0.05) is 13.0 Å². The van der Waals surface area contributed by atoms with Crippen molar-refractivity contribution in [2.24, 2.45) is 5.92 Å². The molecule has 1 aliphatic carbocycles. The molecule has 5 nitrogen and oxygen atoms in total. The molecule has 0 bridgehead atoms. The lowest BCUT2D eigenvalue weighted by Crippen LogP contribution is -2.38. The minimum absolute atomic E-state index is 0.115. The maximum absolute atomic E-state index is 11.4. The monoisotopic (exact) mass is 242 g/mol. The van der Waals surface area contributed by atoms with Crippen molar-refractivity contribution >= 4 is 12.0 Å². The van der Waals surface area contributed by atoms with Crippen LogP contribution in [0.5, 0.6) is 0 Å². The van der Waals surface area contributed by atoms with Gasteiger partial charge in [0.25, 0.3) is 0 Å². The molecule has 0 atom stereocenters.